The van der Waals surface area contributed by atoms with E-state index in [4.69, 9.17) is 10.8 Å². The number of nitrogens with two attached hydrogens (primary N) is 1. The van der Waals surface area contributed by atoms with Gasteiger partial charge in [0.2, 0.25) is 0 Å². The molecule has 1 aromatic heterocycles. The molecule has 1 aliphatic rings. The molecule has 1 aromatic carbocycles. The van der Waals surface area contributed by atoms with Crippen LogP contribution in [0.25, 0.3) is 10.9 Å². The number of aromatic nitrogens is 1. The molecule has 1 aliphatic heterocycles. The Morgan fingerprint density at radius 3 is 2.59 bits per heavy atom. The summed E-state index contributed by atoms with van der Waals surface area (Å²) in [5.41, 5.74) is 5.94. The number of carbonyl (C=O) groups is 3. The predicted octanol–water partition coefficient (Wildman–Crippen LogP) is 0.633. The second kappa shape index (κ2) is 5.10. The number of aliphatic carboxylic acids is 1. The number of carboxylic acids is 1. The lowest BCUT2D eigenvalue weighted by atomic mass is 9.99. The first-order chi connectivity index (χ1) is 10.5. The number of primary amides is 1. The fraction of sp³-hybridized carbons (Fsp3) is 0.200. The van der Waals surface area contributed by atoms with Gasteiger partial charge in [0.1, 0.15) is 11.7 Å². The summed E-state index contributed by atoms with van der Waals surface area (Å²) in [5.74, 6) is -2.20. The number of hydrogen-bond acceptors (Lipinski definition) is 4. The van der Waals surface area contributed by atoms with Crippen LogP contribution >= 0.6 is 0 Å². The Hall–Kier alpha value is -2.96. The van der Waals surface area contributed by atoms with E-state index < -0.39 is 23.8 Å². The zero-order valence-corrected chi connectivity index (χ0v) is 11.5. The van der Waals surface area contributed by atoms with E-state index in [1.165, 1.54) is 11.0 Å². The second-order valence-electron chi connectivity index (χ2n) is 5.08. The van der Waals surface area contributed by atoms with Crippen LogP contribution in [0.1, 0.15) is 27.3 Å². The molecular weight excluding hydrogens is 286 g/mol. The fourth-order valence-electron chi connectivity index (χ4n) is 2.52. The number of fused-ring (bicyclic) bond motifs is 1. The van der Waals surface area contributed by atoms with Crippen LogP contribution in [-0.4, -0.2) is 45.4 Å². The van der Waals surface area contributed by atoms with Crippen LogP contribution in [0, 0.1) is 0 Å². The standard InChI is InChI=1S/C15H13N3O4/c16-13(19)11-7-9(8-3-1-2-4-10(8)17-11)14(20)18-6-5-12(18)15(21)22/h1-4,7,12H,5-6H2,(H2,16,19)(H,21,22)/t12-/m0/s1. The fourth-order valence-corrected chi connectivity index (χ4v) is 2.52. The molecule has 1 atom stereocenters. The number of carboxylic acid groups (broad SMARTS) is 1. The molecule has 2 amide bonds. The molecule has 2 aromatic rings. The number of carbonyl (C=O) groups excluding carboxylic acids is 2. The molecule has 22 heavy (non-hydrogen) atoms. The minimum atomic E-state index is -1.03. The van der Waals surface area contributed by atoms with E-state index >= 15 is 0 Å². The minimum Gasteiger partial charge on any atom is -0.480 e. The number of rotatable bonds is 3. The van der Waals surface area contributed by atoms with Gasteiger partial charge in [0, 0.05) is 11.9 Å². The van der Waals surface area contributed by atoms with Crippen molar-refractivity contribution in [3.63, 3.8) is 0 Å². The Kier molecular flexibility index (Phi) is 3.25. The lowest BCUT2D eigenvalue weighted by Crippen LogP contribution is -2.55. The Labute approximate surface area is 125 Å². The van der Waals surface area contributed by atoms with E-state index in [2.05, 4.69) is 4.98 Å². The maximum atomic E-state index is 12.6. The van der Waals surface area contributed by atoms with E-state index in [0.29, 0.717) is 23.9 Å². The summed E-state index contributed by atoms with van der Waals surface area (Å²) in [5, 5.41) is 9.64. The Bertz CT molecular complexity index is 802. The highest BCUT2D eigenvalue weighted by Crippen LogP contribution is 2.25. The van der Waals surface area contributed by atoms with Gasteiger partial charge in [0.05, 0.1) is 11.1 Å². The first-order valence-corrected chi connectivity index (χ1v) is 6.72. The maximum absolute atomic E-state index is 12.6. The molecule has 0 saturated carbocycles. The highest BCUT2D eigenvalue weighted by Gasteiger charge is 2.38. The van der Waals surface area contributed by atoms with Crippen LogP contribution in [0.3, 0.4) is 0 Å². The number of amides is 2. The number of nitrogens with zero attached hydrogens (tertiary/aromatic N) is 2. The first-order valence-electron chi connectivity index (χ1n) is 6.72. The topological polar surface area (TPSA) is 114 Å². The first kappa shape index (κ1) is 14.0. The smallest absolute Gasteiger partial charge is 0.326 e. The van der Waals surface area contributed by atoms with Crippen molar-refractivity contribution in [1.82, 2.24) is 9.88 Å². The highest BCUT2D eigenvalue weighted by molar-refractivity contribution is 6.09. The normalized spacial score (nSPS) is 17.1. The van der Waals surface area contributed by atoms with Crippen LogP contribution in [0.4, 0.5) is 0 Å². The summed E-state index contributed by atoms with van der Waals surface area (Å²) in [6.45, 7) is 0.373. The van der Waals surface area contributed by atoms with Gasteiger partial charge < -0.3 is 15.7 Å². The molecule has 1 saturated heterocycles. The quantitative estimate of drug-likeness (QED) is 0.863. The average molecular weight is 299 g/mol. The molecule has 0 aliphatic carbocycles. The zero-order valence-electron chi connectivity index (χ0n) is 11.5. The van der Waals surface area contributed by atoms with Gasteiger partial charge in [-0.1, -0.05) is 18.2 Å². The molecule has 0 spiro atoms. The summed E-state index contributed by atoms with van der Waals surface area (Å²) in [4.78, 5) is 40.5. The SMILES string of the molecule is NC(=O)c1cc(C(=O)N2CC[C@H]2C(=O)O)c2ccccc2n1. The largest absolute Gasteiger partial charge is 0.480 e. The molecule has 0 bridgehead atoms. The van der Waals surface area contributed by atoms with Crippen molar-refractivity contribution in [2.24, 2.45) is 5.73 Å². The highest BCUT2D eigenvalue weighted by atomic mass is 16.4. The van der Waals surface area contributed by atoms with Crippen LogP contribution < -0.4 is 5.73 Å². The molecule has 0 unspecified atom stereocenters. The van der Waals surface area contributed by atoms with Gasteiger partial charge in [-0.2, -0.15) is 0 Å². The van der Waals surface area contributed by atoms with E-state index in [-0.39, 0.29) is 11.3 Å². The number of pyridine rings is 1. The second-order valence-corrected chi connectivity index (χ2v) is 5.08. The molecule has 3 rings (SSSR count). The number of likely N-dealkylation sites (tertiary alicyclic amines) is 1. The summed E-state index contributed by atoms with van der Waals surface area (Å²) >= 11 is 0. The van der Waals surface area contributed by atoms with Gasteiger partial charge in [-0.25, -0.2) is 9.78 Å². The molecule has 7 heteroatoms. The summed E-state index contributed by atoms with van der Waals surface area (Å²) in [6.07, 6.45) is 0.423. The number of hydrogen-bond donors (Lipinski definition) is 2. The molecule has 3 N–H and O–H groups in total. The van der Waals surface area contributed by atoms with Gasteiger partial charge >= 0.3 is 5.97 Å². The van der Waals surface area contributed by atoms with E-state index in [9.17, 15) is 14.4 Å². The van der Waals surface area contributed by atoms with Crippen LogP contribution in [0.2, 0.25) is 0 Å². The third kappa shape index (κ3) is 2.16. The molecule has 2 heterocycles. The third-order valence-corrected chi connectivity index (χ3v) is 3.76. The third-order valence-electron chi connectivity index (χ3n) is 3.76. The van der Waals surface area contributed by atoms with Gasteiger partial charge in [-0.15, -0.1) is 0 Å². The minimum absolute atomic E-state index is 0.0190. The van der Waals surface area contributed by atoms with Crippen molar-refractivity contribution in [2.75, 3.05) is 6.54 Å². The van der Waals surface area contributed by atoms with Crippen molar-refractivity contribution >= 4 is 28.7 Å². The van der Waals surface area contributed by atoms with Crippen LogP contribution in [-0.2, 0) is 4.79 Å². The van der Waals surface area contributed by atoms with E-state index in [1.807, 2.05) is 0 Å². The predicted molar refractivity (Wildman–Crippen MR) is 77.3 cm³/mol. The van der Waals surface area contributed by atoms with Crippen LogP contribution in [0.5, 0.6) is 0 Å². The zero-order chi connectivity index (χ0) is 15.9. The van der Waals surface area contributed by atoms with Gasteiger partial charge in [0.15, 0.2) is 0 Å². The number of benzene rings is 1. The van der Waals surface area contributed by atoms with Crippen LogP contribution in [0.15, 0.2) is 30.3 Å². The lowest BCUT2D eigenvalue weighted by Gasteiger charge is -2.38. The van der Waals surface area contributed by atoms with Crippen molar-refractivity contribution in [1.29, 1.82) is 0 Å². The van der Waals surface area contributed by atoms with Crippen molar-refractivity contribution in [3.05, 3.63) is 41.6 Å². The van der Waals surface area contributed by atoms with Gasteiger partial charge in [-0.3, -0.25) is 9.59 Å². The van der Waals surface area contributed by atoms with Crippen molar-refractivity contribution < 1.29 is 19.5 Å². The van der Waals surface area contributed by atoms with E-state index in [1.54, 1.807) is 24.3 Å². The summed E-state index contributed by atoms with van der Waals surface area (Å²) in [6, 6.07) is 7.35. The van der Waals surface area contributed by atoms with Crippen molar-refractivity contribution in [2.45, 2.75) is 12.5 Å². The number of para-hydroxylation sites is 1. The molecule has 0 radical (unpaired) electrons. The average Bonchev–Trinajstić information content (AvgIpc) is 2.44. The molecule has 1 fully saturated rings. The molecule has 7 nitrogen and oxygen atoms in total. The summed E-state index contributed by atoms with van der Waals surface area (Å²) in [7, 11) is 0. The Balaban J connectivity index is 2.11. The van der Waals surface area contributed by atoms with Gasteiger partial charge in [0.25, 0.3) is 11.8 Å². The molecule has 112 valence electrons. The van der Waals surface area contributed by atoms with Gasteiger partial charge in [-0.05, 0) is 18.6 Å². The summed E-state index contributed by atoms with van der Waals surface area (Å²) < 4.78 is 0. The Morgan fingerprint density at radius 1 is 1.27 bits per heavy atom. The Morgan fingerprint density at radius 2 is 2.00 bits per heavy atom. The maximum Gasteiger partial charge on any atom is 0.326 e. The van der Waals surface area contributed by atoms with Crippen molar-refractivity contribution in [3.8, 4) is 0 Å². The lowest BCUT2D eigenvalue weighted by molar-refractivity contribution is -0.146. The molecular formula is C15H13N3O4. The van der Waals surface area contributed by atoms with E-state index in [0.717, 1.165) is 0 Å². The monoisotopic (exact) mass is 299 g/mol.